The van der Waals surface area contributed by atoms with Gasteiger partial charge in [0.05, 0.1) is 6.54 Å². The highest BCUT2D eigenvalue weighted by atomic mass is 16.2. The second kappa shape index (κ2) is 3.01. The van der Waals surface area contributed by atoms with Gasteiger partial charge in [0, 0.05) is 6.54 Å². The van der Waals surface area contributed by atoms with Crippen molar-refractivity contribution in [1.82, 2.24) is 4.90 Å². The van der Waals surface area contributed by atoms with E-state index in [1.807, 2.05) is 30.3 Å². The van der Waals surface area contributed by atoms with Crippen molar-refractivity contribution in [2.75, 3.05) is 6.54 Å². The highest BCUT2D eigenvalue weighted by Crippen LogP contribution is 2.10. The van der Waals surface area contributed by atoms with Crippen molar-refractivity contribution in [3.05, 3.63) is 35.9 Å². The molecule has 3 nitrogen and oxygen atoms in total. The fourth-order valence-corrected chi connectivity index (χ4v) is 1.33. The zero-order valence-electron chi connectivity index (χ0n) is 7.06. The monoisotopic (exact) mass is 175 g/mol. The Balaban J connectivity index is 2.01. The van der Waals surface area contributed by atoms with Crippen molar-refractivity contribution >= 4 is 11.7 Å². The predicted molar refractivity (Wildman–Crippen MR) is 46.9 cm³/mol. The molecule has 0 atom stereocenters. The minimum absolute atomic E-state index is 0.272. The molecule has 0 unspecified atom stereocenters. The van der Waals surface area contributed by atoms with Crippen molar-refractivity contribution in [3.8, 4) is 0 Å². The van der Waals surface area contributed by atoms with Crippen LogP contribution in [0.1, 0.15) is 5.56 Å². The number of rotatable bonds is 2. The lowest BCUT2D eigenvalue weighted by Gasteiger charge is -2.28. The summed E-state index contributed by atoms with van der Waals surface area (Å²) >= 11 is 0. The number of ketones is 1. The first-order valence-corrected chi connectivity index (χ1v) is 4.13. The van der Waals surface area contributed by atoms with Crippen LogP contribution in [0.25, 0.3) is 0 Å². The van der Waals surface area contributed by atoms with Gasteiger partial charge in [0.15, 0.2) is 0 Å². The maximum absolute atomic E-state index is 10.9. The normalized spacial score (nSPS) is 15.8. The molecule has 1 aliphatic heterocycles. The molecule has 0 N–H and O–H groups in total. The molecule has 1 aliphatic rings. The molecule has 2 rings (SSSR count). The highest BCUT2D eigenvalue weighted by molar-refractivity contribution is 6.42. The van der Waals surface area contributed by atoms with E-state index >= 15 is 0 Å². The van der Waals surface area contributed by atoms with Gasteiger partial charge in [-0.2, -0.15) is 0 Å². The number of carbonyl (C=O) groups excluding carboxylic acids is 2. The lowest BCUT2D eigenvalue weighted by Crippen LogP contribution is -2.52. The van der Waals surface area contributed by atoms with Gasteiger partial charge in [0.1, 0.15) is 0 Å². The quantitative estimate of drug-likeness (QED) is 0.487. The molecule has 1 heterocycles. The Labute approximate surface area is 76.0 Å². The lowest BCUT2D eigenvalue weighted by atomic mass is 10.1. The molecule has 1 aromatic carbocycles. The maximum Gasteiger partial charge on any atom is 0.292 e. The van der Waals surface area contributed by atoms with Crippen molar-refractivity contribution in [2.45, 2.75) is 6.54 Å². The number of nitrogens with zero attached hydrogens (tertiary/aromatic N) is 1. The molecule has 0 saturated carbocycles. The van der Waals surface area contributed by atoms with Gasteiger partial charge in [0.2, 0.25) is 5.78 Å². The SMILES string of the molecule is O=C1CN(Cc2ccccc2)C1=O. The Morgan fingerprint density at radius 3 is 2.38 bits per heavy atom. The summed E-state index contributed by atoms with van der Waals surface area (Å²) < 4.78 is 0. The van der Waals surface area contributed by atoms with Crippen molar-refractivity contribution in [3.63, 3.8) is 0 Å². The third-order valence-corrected chi connectivity index (χ3v) is 2.08. The minimum Gasteiger partial charge on any atom is -0.324 e. The predicted octanol–water partition coefficient (Wildman–Crippen LogP) is 0.598. The van der Waals surface area contributed by atoms with Crippen LogP contribution in [0, 0.1) is 0 Å². The Hall–Kier alpha value is -1.64. The van der Waals surface area contributed by atoms with Crippen LogP contribution in [0.15, 0.2) is 30.3 Å². The molecule has 3 heteroatoms. The van der Waals surface area contributed by atoms with Crippen LogP contribution in [0.2, 0.25) is 0 Å². The topological polar surface area (TPSA) is 37.4 Å². The second-order valence-corrected chi connectivity index (χ2v) is 3.07. The van der Waals surface area contributed by atoms with Gasteiger partial charge in [-0.1, -0.05) is 30.3 Å². The van der Waals surface area contributed by atoms with E-state index in [1.165, 1.54) is 4.90 Å². The van der Waals surface area contributed by atoms with Gasteiger partial charge in [-0.05, 0) is 5.56 Å². The molecule has 0 aromatic heterocycles. The number of amides is 1. The molecule has 13 heavy (non-hydrogen) atoms. The van der Waals surface area contributed by atoms with Crippen LogP contribution in [0.4, 0.5) is 0 Å². The summed E-state index contributed by atoms with van der Waals surface area (Å²) in [6.45, 7) is 0.819. The molecule has 0 bridgehead atoms. The summed E-state index contributed by atoms with van der Waals surface area (Å²) in [4.78, 5) is 23.1. The maximum atomic E-state index is 10.9. The van der Waals surface area contributed by atoms with Gasteiger partial charge in [-0.3, -0.25) is 9.59 Å². The third-order valence-electron chi connectivity index (χ3n) is 2.08. The number of carbonyl (C=O) groups is 2. The van der Waals surface area contributed by atoms with E-state index in [0.29, 0.717) is 6.54 Å². The number of benzene rings is 1. The van der Waals surface area contributed by atoms with Crippen molar-refractivity contribution in [2.24, 2.45) is 0 Å². The Morgan fingerprint density at radius 2 is 1.85 bits per heavy atom. The molecule has 1 amide bonds. The first kappa shape index (κ1) is 7.98. The molecule has 0 spiro atoms. The van der Waals surface area contributed by atoms with Gasteiger partial charge >= 0.3 is 0 Å². The summed E-state index contributed by atoms with van der Waals surface area (Å²) in [7, 11) is 0. The van der Waals surface area contributed by atoms with Gasteiger partial charge in [-0.15, -0.1) is 0 Å². The van der Waals surface area contributed by atoms with Crippen LogP contribution in [0.3, 0.4) is 0 Å². The Bertz CT molecular complexity index is 345. The van der Waals surface area contributed by atoms with E-state index in [1.54, 1.807) is 0 Å². The first-order chi connectivity index (χ1) is 6.27. The average Bonchev–Trinajstić information content (AvgIpc) is 2.19. The molecular formula is C10H9NO2. The standard InChI is InChI=1S/C10H9NO2/c12-9-7-11(10(9)13)6-8-4-2-1-3-5-8/h1-5H,6-7H2. The van der Waals surface area contributed by atoms with E-state index in [4.69, 9.17) is 0 Å². The van der Waals surface area contributed by atoms with Crippen LogP contribution in [-0.2, 0) is 16.1 Å². The van der Waals surface area contributed by atoms with E-state index in [9.17, 15) is 9.59 Å². The summed E-state index contributed by atoms with van der Waals surface area (Å²) in [6.07, 6.45) is 0. The average molecular weight is 175 g/mol. The number of hydrogen-bond acceptors (Lipinski definition) is 2. The summed E-state index contributed by atoms with van der Waals surface area (Å²) in [5, 5.41) is 0. The van der Waals surface area contributed by atoms with Gasteiger partial charge in [0.25, 0.3) is 5.91 Å². The molecule has 0 aliphatic carbocycles. The molecule has 1 fully saturated rings. The second-order valence-electron chi connectivity index (χ2n) is 3.07. The van der Waals surface area contributed by atoms with E-state index in [-0.39, 0.29) is 18.2 Å². The minimum atomic E-state index is -0.358. The Kier molecular flexibility index (Phi) is 1.85. The fraction of sp³-hybridized carbons (Fsp3) is 0.200. The van der Waals surface area contributed by atoms with Crippen molar-refractivity contribution < 1.29 is 9.59 Å². The lowest BCUT2D eigenvalue weighted by molar-refractivity contribution is -0.155. The van der Waals surface area contributed by atoms with E-state index < -0.39 is 0 Å². The zero-order valence-corrected chi connectivity index (χ0v) is 7.06. The number of β-lactam (4-membered cyclic amide) rings is 1. The number of Topliss-reactive ketones (excluding diaryl/α,β-unsaturated/α-hetero) is 1. The third kappa shape index (κ3) is 1.45. The summed E-state index contributed by atoms with van der Waals surface area (Å²) in [5.41, 5.74) is 1.06. The van der Waals surface area contributed by atoms with Crippen molar-refractivity contribution in [1.29, 1.82) is 0 Å². The van der Waals surface area contributed by atoms with Gasteiger partial charge in [-0.25, -0.2) is 0 Å². The molecule has 1 aromatic rings. The van der Waals surface area contributed by atoms with E-state index in [0.717, 1.165) is 5.56 Å². The number of likely N-dealkylation sites (tertiary alicyclic amines) is 1. The van der Waals surface area contributed by atoms with Gasteiger partial charge < -0.3 is 4.90 Å². The van der Waals surface area contributed by atoms with Crippen LogP contribution in [-0.4, -0.2) is 23.1 Å². The van der Waals surface area contributed by atoms with E-state index in [2.05, 4.69) is 0 Å². The fourth-order valence-electron chi connectivity index (χ4n) is 1.33. The van der Waals surface area contributed by atoms with Crippen LogP contribution >= 0.6 is 0 Å². The first-order valence-electron chi connectivity index (χ1n) is 4.13. The van der Waals surface area contributed by atoms with Crippen LogP contribution in [0.5, 0.6) is 0 Å². The largest absolute Gasteiger partial charge is 0.324 e. The summed E-state index contributed by atoms with van der Waals surface area (Å²) in [6, 6.07) is 9.64. The zero-order chi connectivity index (χ0) is 9.26. The molecule has 66 valence electrons. The number of hydrogen-bond donors (Lipinski definition) is 0. The highest BCUT2D eigenvalue weighted by Gasteiger charge is 2.33. The summed E-state index contributed by atoms with van der Waals surface area (Å²) in [5.74, 6) is -0.639. The Morgan fingerprint density at radius 1 is 1.15 bits per heavy atom. The smallest absolute Gasteiger partial charge is 0.292 e. The molecular weight excluding hydrogens is 166 g/mol. The molecule has 0 radical (unpaired) electrons. The van der Waals surface area contributed by atoms with Crippen LogP contribution < -0.4 is 0 Å². The molecule has 1 saturated heterocycles.